The van der Waals surface area contributed by atoms with Crippen LogP contribution in [-0.2, 0) is 23.3 Å². The summed E-state index contributed by atoms with van der Waals surface area (Å²) in [6.07, 6.45) is -4.86. The molecule has 0 radical (unpaired) electrons. The van der Waals surface area contributed by atoms with E-state index < -0.39 is 56.6 Å². The van der Waals surface area contributed by atoms with Gasteiger partial charge in [-0.05, 0) is 40.0 Å². The third-order valence-corrected chi connectivity index (χ3v) is 6.15. The van der Waals surface area contributed by atoms with Gasteiger partial charge >= 0.3 is 7.75 Å². The minimum absolute atomic E-state index is 0.0410. The molecule has 2 aliphatic rings. The van der Waals surface area contributed by atoms with Crippen LogP contribution in [0.1, 0.15) is 48.0 Å². The lowest BCUT2D eigenvalue weighted by atomic mass is 10.00. The molecule has 9 nitrogen and oxygen atoms in total. The van der Waals surface area contributed by atoms with Crippen molar-refractivity contribution in [3.8, 4) is 0 Å². The van der Waals surface area contributed by atoms with Gasteiger partial charge < -0.3 is 29.3 Å². The number of aliphatic hydroxyl groups excluding tert-OH is 2. The molecule has 2 saturated heterocycles. The predicted molar refractivity (Wildman–Crippen MR) is 103 cm³/mol. The third-order valence-electron chi connectivity index (χ3n) is 5.04. The van der Waals surface area contributed by atoms with E-state index in [4.69, 9.17) is 18.7 Å². The second kappa shape index (κ2) is 9.81. The average Bonchev–Trinajstić information content (AvgIpc) is 2.97. The van der Waals surface area contributed by atoms with E-state index in [0.29, 0.717) is 6.42 Å². The van der Waals surface area contributed by atoms with Crippen molar-refractivity contribution in [1.82, 2.24) is 5.09 Å². The molecular weight excluding hydrogens is 389 g/mol. The lowest BCUT2D eigenvalue weighted by Gasteiger charge is -2.27. The monoisotopic (exact) mass is 425 g/mol. The van der Waals surface area contributed by atoms with Crippen molar-refractivity contribution in [3.05, 3.63) is 0 Å². The van der Waals surface area contributed by atoms with Crippen LogP contribution >= 0.6 is 7.75 Å². The van der Waals surface area contributed by atoms with Gasteiger partial charge in [0.25, 0.3) is 0 Å². The van der Waals surface area contributed by atoms with Crippen LogP contribution in [-0.4, -0.2) is 76.6 Å². The molecule has 0 aliphatic carbocycles. The molecule has 9 atom stereocenters. The Hall–Kier alpha value is -0.0900. The second-order valence-corrected chi connectivity index (χ2v) is 10.0. The first-order valence-electron chi connectivity index (χ1n) is 10.00. The molecule has 0 bridgehead atoms. The maximum Gasteiger partial charge on any atom is 0.403 e. The Bertz CT molecular complexity index is 546. The fourth-order valence-electron chi connectivity index (χ4n) is 3.68. The number of nitrogens with one attached hydrogen (secondary N) is 1. The smallest absolute Gasteiger partial charge is 0.388 e. The molecule has 2 aliphatic heterocycles. The van der Waals surface area contributed by atoms with E-state index in [1.54, 1.807) is 13.8 Å². The number of aliphatic hydroxyl groups is 2. The van der Waals surface area contributed by atoms with Crippen molar-refractivity contribution in [3.63, 3.8) is 0 Å². The molecule has 4 N–H and O–H groups in total. The molecule has 166 valence electrons. The molecule has 3 unspecified atom stereocenters. The summed E-state index contributed by atoms with van der Waals surface area (Å²) in [5.41, 5.74) is 0. The zero-order chi connectivity index (χ0) is 21.2. The SMILES string of the molecule is CC(C)C[C@H]1O[C@@H](C)[C@@H](O)C1OP(=O)(O)NC[C@H]1O[C@@H](C)[C@@H](O)C1OC(C)C. The van der Waals surface area contributed by atoms with Gasteiger partial charge in [0.15, 0.2) is 0 Å². The highest BCUT2D eigenvalue weighted by Gasteiger charge is 2.47. The van der Waals surface area contributed by atoms with Gasteiger partial charge in [-0.15, -0.1) is 0 Å². The Balaban J connectivity index is 1.98. The molecule has 0 amide bonds. The summed E-state index contributed by atoms with van der Waals surface area (Å²) >= 11 is 0. The molecule has 28 heavy (non-hydrogen) atoms. The van der Waals surface area contributed by atoms with Gasteiger partial charge in [0.1, 0.15) is 24.4 Å². The Kier molecular flexibility index (Phi) is 8.47. The Morgan fingerprint density at radius 1 is 1.00 bits per heavy atom. The summed E-state index contributed by atoms with van der Waals surface area (Å²) in [6, 6.07) is 0. The van der Waals surface area contributed by atoms with Crippen molar-refractivity contribution in [2.24, 2.45) is 5.92 Å². The molecule has 2 rings (SSSR count). The second-order valence-electron chi connectivity index (χ2n) is 8.47. The summed E-state index contributed by atoms with van der Waals surface area (Å²) in [4.78, 5) is 10.3. The molecular formula is C18H36NO8P. The highest BCUT2D eigenvalue weighted by atomic mass is 31.2. The minimum Gasteiger partial charge on any atom is -0.388 e. The topological polar surface area (TPSA) is 127 Å². The van der Waals surface area contributed by atoms with Crippen LogP contribution in [0, 0.1) is 5.92 Å². The quantitative estimate of drug-likeness (QED) is 0.403. The van der Waals surface area contributed by atoms with Gasteiger partial charge in [0.2, 0.25) is 0 Å². The molecule has 0 aromatic rings. The Morgan fingerprint density at radius 3 is 2.07 bits per heavy atom. The fraction of sp³-hybridized carbons (Fsp3) is 1.00. The third kappa shape index (κ3) is 6.20. The Morgan fingerprint density at radius 2 is 1.54 bits per heavy atom. The first-order valence-corrected chi connectivity index (χ1v) is 11.6. The first kappa shape index (κ1) is 24.2. The highest BCUT2D eigenvalue weighted by Crippen LogP contribution is 2.43. The van der Waals surface area contributed by atoms with Crippen molar-refractivity contribution < 1.29 is 38.4 Å². The number of hydrogen-bond donors (Lipinski definition) is 4. The van der Waals surface area contributed by atoms with Crippen LogP contribution in [0.25, 0.3) is 0 Å². The van der Waals surface area contributed by atoms with E-state index in [0.717, 1.165) is 0 Å². The van der Waals surface area contributed by atoms with Gasteiger partial charge in [-0.3, -0.25) is 4.52 Å². The summed E-state index contributed by atoms with van der Waals surface area (Å²) in [5.74, 6) is 0.281. The highest BCUT2D eigenvalue weighted by molar-refractivity contribution is 7.50. The molecule has 10 heteroatoms. The molecule has 2 heterocycles. The van der Waals surface area contributed by atoms with Crippen LogP contribution in [0.3, 0.4) is 0 Å². The fourth-order valence-corrected chi connectivity index (χ4v) is 4.76. The molecule has 0 saturated carbocycles. The van der Waals surface area contributed by atoms with Crippen LogP contribution < -0.4 is 5.09 Å². The van der Waals surface area contributed by atoms with Crippen molar-refractivity contribution in [2.75, 3.05) is 6.54 Å². The molecule has 0 aromatic carbocycles. The van der Waals surface area contributed by atoms with Crippen LogP contribution in [0.2, 0.25) is 0 Å². The number of rotatable bonds is 9. The van der Waals surface area contributed by atoms with E-state index in [-0.39, 0.29) is 18.6 Å². The standard InChI is InChI=1S/C18H36NO8P/c1-9(2)7-13-18(16(21)12(6)25-13)27-28(22,23)19-8-14-17(24-10(3)4)15(20)11(5)26-14/h9-18,20-21H,7-8H2,1-6H3,(H2,19,22,23)/t11-,12-,13+,14+,15+,16+,17?,18?/m0/s1. The number of ether oxygens (including phenoxy) is 3. The molecule has 2 fully saturated rings. The lowest BCUT2D eigenvalue weighted by molar-refractivity contribution is -0.0645. The summed E-state index contributed by atoms with van der Waals surface area (Å²) < 4.78 is 35.1. The van der Waals surface area contributed by atoms with Gasteiger partial charge in [-0.1, -0.05) is 13.8 Å². The summed E-state index contributed by atoms with van der Waals surface area (Å²) in [7, 11) is -4.25. The molecule has 0 aromatic heterocycles. The zero-order valence-corrected chi connectivity index (χ0v) is 18.4. The van der Waals surface area contributed by atoms with E-state index in [9.17, 15) is 19.7 Å². The van der Waals surface area contributed by atoms with Crippen LogP contribution in [0.5, 0.6) is 0 Å². The van der Waals surface area contributed by atoms with Crippen LogP contribution in [0.4, 0.5) is 0 Å². The average molecular weight is 425 g/mol. The van der Waals surface area contributed by atoms with E-state index in [1.807, 2.05) is 27.7 Å². The Labute approximate surface area is 167 Å². The first-order chi connectivity index (χ1) is 12.9. The van der Waals surface area contributed by atoms with Gasteiger partial charge in [0, 0.05) is 6.54 Å². The lowest BCUT2D eigenvalue weighted by Crippen LogP contribution is -2.41. The zero-order valence-electron chi connectivity index (χ0n) is 17.5. The minimum atomic E-state index is -4.25. The van der Waals surface area contributed by atoms with Crippen LogP contribution in [0.15, 0.2) is 0 Å². The predicted octanol–water partition coefficient (Wildman–Crippen LogP) is 1.20. The summed E-state index contributed by atoms with van der Waals surface area (Å²) in [6.45, 7) is 11.1. The van der Waals surface area contributed by atoms with E-state index >= 15 is 0 Å². The van der Waals surface area contributed by atoms with E-state index in [2.05, 4.69) is 5.09 Å². The maximum atomic E-state index is 12.6. The normalized spacial score (nSPS) is 41.1. The largest absolute Gasteiger partial charge is 0.403 e. The van der Waals surface area contributed by atoms with E-state index in [1.165, 1.54) is 0 Å². The summed E-state index contributed by atoms with van der Waals surface area (Å²) in [5, 5.41) is 23.0. The van der Waals surface area contributed by atoms with Crippen molar-refractivity contribution >= 4 is 7.75 Å². The van der Waals surface area contributed by atoms with Crippen molar-refractivity contribution in [1.29, 1.82) is 0 Å². The van der Waals surface area contributed by atoms with Gasteiger partial charge in [-0.25, -0.2) is 9.65 Å². The van der Waals surface area contributed by atoms with Crippen molar-refractivity contribution in [2.45, 2.75) is 103 Å². The van der Waals surface area contributed by atoms with Gasteiger partial charge in [-0.2, -0.15) is 0 Å². The van der Waals surface area contributed by atoms with Gasteiger partial charge in [0.05, 0.1) is 30.5 Å². The molecule has 0 spiro atoms. The number of hydrogen-bond acceptors (Lipinski definition) is 7. The maximum absolute atomic E-state index is 12.6.